The Balaban J connectivity index is 2.85. The van der Waals surface area contributed by atoms with Crippen molar-refractivity contribution in [2.75, 3.05) is 21.2 Å². The number of methoxy groups -OCH3 is 1. The molecular weight excluding hydrogens is 234 g/mol. The van der Waals surface area contributed by atoms with Crippen molar-refractivity contribution in [2.45, 2.75) is 13.0 Å². The first-order chi connectivity index (χ1) is 8.47. The first-order valence-corrected chi connectivity index (χ1v) is 5.78. The quantitative estimate of drug-likeness (QED) is 0.717. The first-order valence-electron chi connectivity index (χ1n) is 5.78. The zero-order chi connectivity index (χ0) is 13.7. The molecule has 0 N–H and O–H groups in total. The summed E-state index contributed by atoms with van der Waals surface area (Å²) in [6.45, 7) is 1.96. The molecule has 0 bridgehead atoms. The van der Waals surface area contributed by atoms with Crippen LogP contribution in [0, 0.1) is 11.8 Å². The molecule has 0 saturated carbocycles. The van der Waals surface area contributed by atoms with E-state index in [-0.39, 0.29) is 11.8 Å². The second-order valence-corrected chi connectivity index (χ2v) is 4.43. The van der Waals surface area contributed by atoms with Crippen LogP contribution in [0.4, 0.5) is 4.79 Å². The average molecular weight is 253 g/mol. The van der Waals surface area contributed by atoms with Gasteiger partial charge in [0.15, 0.2) is 0 Å². The van der Waals surface area contributed by atoms with Gasteiger partial charge in [-0.3, -0.25) is 0 Å². The Morgan fingerprint density at radius 1 is 1.22 bits per heavy atom. The number of rotatable bonds is 3. The number of amides is 1. The van der Waals surface area contributed by atoms with E-state index in [9.17, 15) is 9.59 Å². The van der Waals surface area contributed by atoms with Crippen LogP contribution in [0.5, 0.6) is 0 Å². The molecule has 0 heterocycles. The highest BCUT2D eigenvalue weighted by Gasteiger charge is 2.35. The molecule has 1 aliphatic rings. The van der Waals surface area contributed by atoms with Gasteiger partial charge in [0.1, 0.15) is 0 Å². The Hall–Kier alpha value is -1.78. The standard InChI is InChI=1S/C13H19NO4/c1-9-7-5-6-8-10(9)11(12(15)17-4)18-13(16)14(2)3/h5-11H,1-4H3/t9-,10?,11+/m0/s1. The highest BCUT2D eigenvalue weighted by Crippen LogP contribution is 2.25. The van der Waals surface area contributed by atoms with Crippen LogP contribution in [-0.4, -0.2) is 44.3 Å². The molecule has 18 heavy (non-hydrogen) atoms. The number of carbonyl (C=O) groups is 2. The van der Waals surface area contributed by atoms with Crippen molar-refractivity contribution < 1.29 is 19.1 Å². The molecular formula is C13H19NO4. The average Bonchev–Trinajstić information content (AvgIpc) is 2.35. The van der Waals surface area contributed by atoms with Gasteiger partial charge in [0.2, 0.25) is 6.10 Å². The molecule has 0 aromatic rings. The number of esters is 1. The lowest BCUT2D eigenvalue weighted by Gasteiger charge is -2.28. The third kappa shape index (κ3) is 3.35. The zero-order valence-electron chi connectivity index (χ0n) is 11.1. The maximum atomic E-state index is 11.7. The molecule has 1 amide bonds. The Labute approximate surface area is 107 Å². The van der Waals surface area contributed by atoms with Crippen LogP contribution in [0.2, 0.25) is 0 Å². The normalized spacial score (nSPS) is 23.3. The van der Waals surface area contributed by atoms with Gasteiger partial charge in [0.25, 0.3) is 0 Å². The molecule has 0 spiro atoms. The molecule has 1 rings (SSSR count). The van der Waals surface area contributed by atoms with E-state index in [0.29, 0.717) is 0 Å². The van der Waals surface area contributed by atoms with Crippen LogP contribution >= 0.6 is 0 Å². The van der Waals surface area contributed by atoms with Crippen molar-refractivity contribution >= 4 is 12.1 Å². The molecule has 0 saturated heterocycles. The number of carbonyl (C=O) groups excluding carboxylic acids is 2. The number of hydrogen-bond acceptors (Lipinski definition) is 4. The molecule has 0 fully saturated rings. The van der Waals surface area contributed by atoms with Crippen molar-refractivity contribution in [2.24, 2.45) is 11.8 Å². The van der Waals surface area contributed by atoms with Gasteiger partial charge >= 0.3 is 12.1 Å². The van der Waals surface area contributed by atoms with Crippen molar-refractivity contribution in [1.82, 2.24) is 4.90 Å². The smallest absolute Gasteiger partial charge is 0.410 e. The van der Waals surface area contributed by atoms with E-state index < -0.39 is 18.2 Å². The van der Waals surface area contributed by atoms with E-state index in [4.69, 9.17) is 9.47 Å². The Morgan fingerprint density at radius 2 is 1.83 bits per heavy atom. The maximum absolute atomic E-state index is 11.7. The maximum Gasteiger partial charge on any atom is 0.410 e. The lowest BCUT2D eigenvalue weighted by Crippen LogP contribution is -2.40. The van der Waals surface area contributed by atoms with Gasteiger partial charge in [-0.2, -0.15) is 0 Å². The Morgan fingerprint density at radius 3 is 2.33 bits per heavy atom. The van der Waals surface area contributed by atoms with E-state index in [1.54, 1.807) is 14.1 Å². The number of hydrogen-bond donors (Lipinski definition) is 0. The van der Waals surface area contributed by atoms with E-state index in [2.05, 4.69) is 0 Å². The van der Waals surface area contributed by atoms with E-state index >= 15 is 0 Å². The second kappa shape index (κ2) is 6.23. The lowest BCUT2D eigenvalue weighted by molar-refractivity contribution is -0.153. The molecule has 5 heteroatoms. The van der Waals surface area contributed by atoms with E-state index in [1.807, 2.05) is 31.2 Å². The Bertz CT molecular complexity index is 373. The minimum atomic E-state index is -0.916. The fourth-order valence-electron chi connectivity index (χ4n) is 1.73. The van der Waals surface area contributed by atoms with Gasteiger partial charge in [0, 0.05) is 20.0 Å². The molecule has 0 aliphatic heterocycles. The summed E-state index contributed by atoms with van der Waals surface area (Å²) in [6.07, 6.45) is 6.09. The molecule has 3 atom stereocenters. The first kappa shape index (κ1) is 14.3. The van der Waals surface area contributed by atoms with Gasteiger partial charge in [-0.1, -0.05) is 31.2 Å². The SMILES string of the molecule is COC(=O)[C@H](OC(=O)N(C)C)C1C=CC=C[C@@H]1C. The van der Waals surface area contributed by atoms with Crippen LogP contribution in [0.1, 0.15) is 6.92 Å². The third-order valence-electron chi connectivity index (χ3n) is 2.84. The molecule has 0 aromatic carbocycles. The van der Waals surface area contributed by atoms with E-state index in [0.717, 1.165) is 0 Å². The minimum Gasteiger partial charge on any atom is -0.466 e. The molecule has 5 nitrogen and oxygen atoms in total. The van der Waals surface area contributed by atoms with Crippen LogP contribution in [0.25, 0.3) is 0 Å². The van der Waals surface area contributed by atoms with Crippen molar-refractivity contribution in [3.05, 3.63) is 24.3 Å². The fourth-order valence-corrected chi connectivity index (χ4v) is 1.73. The predicted octanol–water partition coefficient (Wildman–Crippen LogP) is 1.60. The monoisotopic (exact) mass is 253 g/mol. The summed E-state index contributed by atoms with van der Waals surface area (Å²) >= 11 is 0. The van der Waals surface area contributed by atoms with Gasteiger partial charge in [0.05, 0.1) is 7.11 Å². The number of ether oxygens (including phenoxy) is 2. The number of nitrogens with zero attached hydrogens (tertiary/aromatic N) is 1. The summed E-state index contributed by atoms with van der Waals surface area (Å²) in [4.78, 5) is 24.6. The third-order valence-corrected chi connectivity index (χ3v) is 2.84. The van der Waals surface area contributed by atoms with Crippen molar-refractivity contribution in [1.29, 1.82) is 0 Å². The minimum absolute atomic E-state index is 0.106. The predicted molar refractivity (Wildman–Crippen MR) is 66.9 cm³/mol. The molecule has 1 aliphatic carbocycles. The highest BCUT2D eigenvalue weighted by atomic mass is 16.6. The van der Waals surface area contributed by atoms with Gasteiger partial charge in [-0.15, -0.1) is 0 Å². The van der Waals surface area contributed by atoms with Crippen LogP contribution in [-0.2, 0) is 14.3 Å². The van der Waals surface area contributed by atoms with Crippen molar-refractivity contribution in [3.63, 3.8) is 0 Å². The second-order valence-electron chi connectivity index (χ2n) is 4.43. The molecule has 1 unspecified atom stereocenters. The molecule has 100 valence electrons. The molecule has 0 aromatic heterocycles. The molecule has 0 radical (unpaired) electrons. The van der Waals surface area contributed by atoms with E-state index in [1.165, 1.54) is 12.0 Å². The number of allylic oxidation sites excluding steroid dienone is 3. The summed E-state index contributed by atoms with van der Waals surface area (Å²) in [5, 5.41) is 0. The van der Waals surface area contributed by atoms with Crippen LogP contribution < -0.4 is 0 Å². The summed E-state index contributed by atoms with van der Waals surface area (Å²) < 4.78 is 9.90. The summed E-state index contributed by atoms with van der Waals surface area (Å²) in [6, 6.07) is 0. The lowest BCUT2D eigenvalue weighted by atomic mass is 9.85. The topological polar surface area (TPSA) is 55.8 Å². The summed E-state index contributed by atoms with van der Waals surface area (Å²) in [7, 11) is 4.42. The summed E-state index contributed by atoms with van der Waals surface area (Å²) in [5.74, 6) is -0.637. The van der Waals surface area contributed by atoms with Crippen molar-refractivity contribution in [3.8, 4) is 0 Å². The highest BCUT2D eigenvalue weighted by molar-refractivity contribution is 5.79. The fraction of sp³-hybridized carbons (Fsp3) is 0.538. The summed E-state index contributed by atoms with van der Waals surface area (Å²) in [5.41, 5.74) is 0. The van der Waals surface area contributed by atoms with Crippen LogP contribution in [0.15, 0.2) is 24.3 Å². The largest absolute Gasteiger partial charge is 0.466 e. The van der Waals surface area contributed by atoms with Gasteiger partial charge < -0.3 is 14.4 Å². The van der Waals surface area contributed by atoms with Gasteiger partial charge in [-0.25, -0.2) is 9.59 Å². The van der Waals surface area contributed by atoms with Crippen LogP contribution in [0.3, 0.4) is 0 Å². The van der Waals surface area contributed by atoms with Gasteiger partial charge in [-0.05, 0) is 5.92 Å². The Kier molecular flexibility index (Phi) is 4.95. The zero-order valence-corrected chi connectivity index (χ0v) is 11.1.